The maximum atomic E-state index is 9.51. The minimum atomic E-state index is -0.104. The van der Waals surface area contributed by atoms with Crippen LogP contribution in [0.1, 0.15) is 5.56 Å². The Bertz CT molecular complexity index is 772. The molecule has 2 aromatic rings. The predicted molar refractivity (Wildman–Crippen MR) is 104 cm³/mol. The van der Waals surface area contributed by atoms with Gasteiger partial charge in [0.25, 0.3) is 0 Å². The smallest absolute Gasteiger partial charge is 0.157 e. The highest BCUT2D eigenvalue weighted by atomic mass is 35.5. The Morgan fingerprint density at radius 1 is 0.960 bits per heavy atom. The molecule has 0 spiro atoms. The number of benzene rings is 2. The number of anilines is 1. The summed E-state index contributed by atoms with van der Waals surface area (Å²) in [6.45, 7) is 4.50. The van der Waals surface area contributed by atoms with E-state index in [0.29, 0.717) is 10.0 Å². The molecule has 3 rings (SSSR count). The average molecular weight is 379 g/mol. The standard InChI is InChI=1S/C19H20Cl2N2O2/c20-15-4-1-5-16(19(15)21)23-11-9-22(10-12-23)8-2-3-14-6-7-17(24)18(25)13-14/h1-7,13,24-25H,8-12H2. The fourth-order valence-corrected chi connectivity index (χ4v) is 3.31. The molecule has 0 amide bonds. The van der Waals surface area contributed by atoms with Crippen molar-refractivity contribution in [1.82, 2.24) is 4.90 Å². The zero-order chi connectivity index (χ0) is 17.8. The fourth-order valence-electron chi connectivity index (χ4n) is 2.89. The van der Waals surface area contributed by atoms with E-state index in [2.05, 4.69) is 15.9 Å². The van der Waals surface area contributed by atoms with Gasteiger partial charge in [-0.05, 0) is 29.8 Å². The first-order valence-electron chi connectivity index (χ1n) is 8.14. The number of phenols is 2. The Labute approximate surface area is 157 Å². The van der Waals surface area contributed by atoms with Crippen LogP contribution in [0.15, 0.2) is 42.5 Å². The Hall–Kier alpha value is -1.88. The van der Waals surface area contributed by atoms with Gasteiger partial charge in [0, 0.05) is 32.7 Å². The molecule has 0 unspecified atom stereocenters. The van der Waals surface area contributed by atoms with Crippen LogP contribution in [-0.4, -0.2) is 47.8 Å². The van der Waals surface area contributed by atoms with Gasteiger partial charge < -0.3 is 15.1 Å². The van der Waals surface area contributed by atoms with Crippen molar-refractivity contribution >= 4 is 35.0 Å². The number of phenolic OH excluding ortho intramolecular Hbond substituents is 2. The second-order valence-electron chi connectivity index (χ2n) is 6.01. The topological polar surface area (TPSA) is 46.9 Å². The predicted octanol–water partition coefficient (Wildman–Crippen LogP) is 4.24. The van der Waals surface area contributed by atoms with Crippen LogP contribution in [0.4, 0.5) is 5.69 Å². The summed E-state index contributed by atoms with van der Waals surface area (Å²) in [6, 6.07) is 10.5. The van der Waals surface area contributed by atoms with Crippen molar-refractivity contribution in [2.45, 2.75) is 0 Å². The summed E-state index contributed by atoms with van der Waals surface area (Å²) in [4.78, 5) is 4.61. The third kappa shape index (κ3) is 4.40. The molecule has 1 aliphatic heterocycles. The molecule has 2 N–H and O–H groups in total. The highest BCUT2D eigenvalue weighted by Crippen LogP contribution is 2.32. The maximum Gasteiger partial charge on any atom is 0.157 e. The number of hydrogen-bond acceptors (Lipinski definition) is 4. The van der Waals surface area contributed by atoms with Gasteiger partial charge in [0.1, 0.15) is 0 Å². The molecule has 0 bridgehead atoms. The van der Waals surface area contributed by atoms with Crippen molar-refractivity contribution in [2.24, 2.45) is 0 Å². The van der Waals surface area contributed by atoms with E-state index in [1.807, 2.05) is 18.2 Å². The molecule has 6 heteroatoms. The van der Waals surface area contributed by atoms with E-state index in [1.54, 1.807) is 18.2 Å². The summed E-state index contributed by atoms with van der Waals surface area (Å²) >= 11 is 12.4. The van der Waals surface area contributed by atoms with Gasteiger partial charge in [0.15, 0.2) is 11.5 Å². The summed E-state index contributed by atoms with van der Waals surface area (Å²) in [5, 5.41) is 20.0. The molecule has 1 saturated heterocycles. The second-order valence-corrected chi connectivity index (χ2v) is 6.80. The molecular formula is C19H20Cl2N2O2. The average Bonchev–Trinajstić information content (AvgIpc) is 2.61. The number of halogens is 2. The zero-order valence-electron chi connectivity index (χ0n) is 13.7. The summed E-state index contributed by atoms with van der Waals surface area (Å²) < 4.78 is 0. The number of piperazine rings is 1. The van der Waals surface area contributed by atoms with E-state index in [-0.39, 0.29) is 11.5 Å². The largest absolute Gasteiger partial charge is 0.504 e. The van der Waals surface area contributed by atoms with Crippen LogP contribution in [0.2, 0.25) is 10.0 Å². The van der Waals surface area contributed by atoms with Crippen molar-refractivity contribution in [3.05, 3.63) is 58.1 Å². The third-order valence-electron chi connectivity index (χ3n) is 4.32. The van der Waals surface area contributed by atoms with Gasteiger partial charge in [0.05, 0.1) is 15.7 Å². The number of nitrogens with zero attached hydrogens (tertiary/aromatic N) is 2. The van der Waals surface area contributed by atoms with Gasteiger partial charge in [-0.25, -0.2) is 0 Å². The number of aromatic hydroxyl groups is 2. The molecule has 0 atom stereocenters. The summed E-state index contributed by atoms with van der Waals surface area (Å²) in [5.74, 6) is -0.206. The van der Waals surface area contributed by atoms with E-state index in [4.69, 9.17) is 23.2 Å². The highest BCUT2D eigenvalue weighted by Gasteiger charge is 2.18. The minimum Gasteiger partial charge on any atom is -0.504 e. The molecule has 0 saturated carbocycles. The molecule has 25 heavy (non-hydrogen) atoms. The van der Waals surface area contributed by atoms with Crippen LogP contribution in [-0.2, 0) is 0 Å². The molecule has 4 nitrogen and oxygen atoms in total. The lowest BCUT2D eigenvalue weighted by molar-refractivity contribution is 0.284. The van der Waals surface area contributed by atoms with Crippen molar-refractivity contribution in [2.75, 3.05) is 37.6 Å². The van der Waals surface area contributed by atoms with E-state index in [9.17, 15) is 10.2 Å². The van der Waals surface area contributed by atoms with Gasteiger partial charge in [0.2, 0.25) is 0 Å². The summed E-state index contributed by atoms with van der Waals surface area (Å²) in [7, 11) is 0. The molecule has 1 heterocycles. The Morgan fingerprint density at radius 2 is 1.72 bits per heavy atom. The van der Waals surface area contributed by atoms with Crippen LogP contribution < -0.4 is 4.90 Å². The van der Waals surface area contributed by atoms with Crippen molar-refractivity contribution < 1.29 is 10.2 Å². The number of rotatable bonds is 4. The minimum absolute atomic E-state index is 0.103. The van der Waals surface area contributed by atoms with Crippen molar-refractivity contribution in [3.8, 4) is 11.5 Å². The molecule has 2 aromatic carbocycles. The van der Waals surface area contributed by atoms with Crippen LogP contribution in [0.5, 0.6) is 11.5 Å². The molecule has 0 radical (unpaired) electrons. The van der Waals surface area contributed by atoms with Crippen LogP contribution in [0.25, 0.3) is 6.08 Å². The zero-order valence-corrected chi connectivity index (χ0v) is 15.2. The first kappa shape index (κ1) is 17.9. The maximum absolute atomic E-state index is 9.51. The third-order valence-corrected chi connectivity index (χ3v) is 5.13. The normalized spacial score (nSPS) is 15.8. The number of hydrogen-bond donors (Lipinski definition) is 2. The molecule has 0 aromatic heterocycles. The first-order valence-corrected chi connectivity index (χ1v) is 8.90. The quantitative estimate of drug-likeness (QED) is 0.781. The fraction of sp³-hybridized carbons (Fsp3) is 0.263. The highest BCUT2D eigenvalue weighted by molar-refractivity contribution is 6.43. The lowest BCUT2D eigenvalue weighted by Gasteiger charge is -2.36. The van der Waals surface area contributed by atoms with Crippen molar-refractivity contribution in [3.63, 3.8) is 0 Å². The van der Waals surface area contributed by atoms with Gasteiger partial charge >= 0.3 is 0 Å². The SMILES string of the molecule is Oc1ccc(C=CCN2CCN(c3cccc(Cl)c3Cl)CC2)cc1O. The Kier molecular flexibility index (Phi) is 5.74. The van der Waals surface area contributed by atoms with Crippen molar-refractivity contribution in [1.29, 1.82) is 0 Å². The first-order chi connectivity index (χ1) is 12.0. The van der Waals surface area contributed by atoms with E-state index in [0.717, 1.165) is 44.0 Å². The van der Waals surface area contributed by atoms with Gasteiger partial charge in [-0.1, -0.05) is 47.5 Å². The molecule has 0 aliphatic carbocycles. The van der Waals surface area contributed by atoms with Crippen LogP contribution >= 0.6 is 23.2 Å². The molecular weight excluding hydrogens is 359 g/mol. The van der Waals surface area contributed by atoms with E-state index >= 15 is 0 Å². The lowest BCUT2D eigenvalue weighted by atomic mass is 10.2. The summed E-state index contributed by atoms with van der Waals surface area (Å²) in [5.41, 5.74) is 1.85. The van der Waals surface area contributed by atoms with Gasteiger partial charge in [-0.3, -0.25) is 4.90 Å². The van der Waals surface area contributed by atoms with Gasteiger partial charge in [-0.15, -0.1) is 0 Å². The van der Waals surface area contributed by atoms with Crippen LogP contribution in [0, 0.1) is 0 Å². The monoisotopic (exact) mass is 378 g/mol. The molecule has 1 fully saturated rings. The summed E-state index contributed by atoms with van der Waals surface area (Å²) in [6.07, 6.45) is 4.01. The lowest BCUT2D eigenvalue weighted by Crippen LogP contribution is -2.46. The van der Waals surface area contributed by atoms with E-state index < -0.39 is 0 Å². The molecule has 132 valence electrons. The van der Waals surface area contributed by atoms with Gasteiger partial charge in [-0.2, -0.15) is 0 Å². The van der Waals surface area contributed by atoms with Crippen LogP contribution in [0.3, 0.4) is 0 Å². The Balaban J connectivity index is 1.53. The Morgan fingerprint density at radius 3 is 2.44 bits per heavy atom. The molecule has 1 aliphatic rings. The van der Waals surface area contributed by atoms with E-state index in [1.165, 1.54) is 6.07 Å². The second kappa shape index (κ2) is 8.00.